The molecule has 1 heterocycles. The van der Waals surface area contributed by atoms with Gasteiger partial charge in [0.1, 0.15) is 10.5 Å². The van der Waals surface area contributed by atoms with Crippen molar-refractivity contribution in [1.29, 1.82) is 0 Å². The summed E-state index contributed by atoms with van der Waals surface area (Å²) in [6.07, 6.45) is 3.52. The molecule has 0 spiro atoms. The lowest BCUT2D eigenvalue weighted by Crippen LogP contribution is -2.24. The second-order valence-corrected chi connectivity index (χ2v) is 3.96. The van der Waals surface area contributed by atoms with Crippen molar-refractivity contribution in [2.75, 3.05) is 0 Å². The van der Waals surface area contributed by atoms with Crippen molar-refractivity contribution in [3.05, 3.63) is 10.5 Å². The first-order valence-electron chi connectivity index (χ1n) is 3.87. The normalized spacial score (nSPS) is 20.1. The maximum absolute atomic E-state index is 5.91. The lowest BCUT2D eigenvalue weighted by molar-refractivity contribution is 0.587. The fourth-order valence-electron chi connectivity index (χ4n) is 1.18. The fourth-order valence-corrected chi connectivity index (χ4v) is 1.78. The summed E-state index contributed by atoms with van der Waals surface area (Å²) in [5, 5.41) is 8.80. The van der Waals surface area contributed by atoms with E-state index in [0.29, 0.717) is 6.04 Å². The van der Waals surface area contributed by atoms with E-state index in [4.69, 9.17) is 5.73 Å². The number of nitrogens with zero attached hydrogens (tertiary/aromatic N) is 2. The van der Waals surface area contributed by atoms with Gasteiger partial charge >= 0.3 is 0 Å². The molecular formula is C7H11N3S. The first-order valence-corrected chi connectivity index (χ1v) is 4.75. The molecule has 1 atom stereocenters. The molecule has 1 aromatic rings. The quantitative estimate of drug-likeness (QED) is 0.728. The van der Waals surface area contributed by atoms with Gasteiger partial charge in [-0.05, 0) is 18.8 Å². The van der Waals surface area contributed by atoms with Crippen LogP contribution in [0.1, 0.15) is 17.8 Å². The predicted octanol–water partition coefficient (Wildman–Crippen LogP) is 0.818. The summed E-state index contributed by atoms with van der Waals surface area (Å²) >= 11 is 1.59. The molecular weight excluding hydrogens is 158 g/mol. The highest BCUT2D eigenvalue weighted by Crippen LogP contribution is 2.32. The van der Waals surface area contributed by atoms with E-state index in [2.05, 4.69) is 10.2 Å². The van der Waals surface area contributed by atoms with Crippen LogP contribution in [0.2, 0.25) is 0 Å². The molecule has 3 nitrogen and oxygen atoms in total. The molecule has 0 aliphatic heterocycles. The minimum absolute atomic E-state index is 0.322. The first-order chi connectivity index (χ1) is 5.36. The molecule has 1 aromatic heterocycles. The zero-order valence-corrected chi connectivity index (χ0v) is 7.05. The molecule has 1 unspecified atom stereocenters. The molecule has 0 aromatic carbocycles. The Morgan fingerprint density at radius 1 is 1.73 bits per heavy atom. The zero-order chi connectivity index (χ0) is 7.68. The van der Waals surface area contributed by atoms with Crippen molar-refractivity contribution in [2.45, 2.75) is 25.3 Å². The summed E-state index contributed by atoms with van der Waals surface area (Å²) in [4.78, 5) is 0. The highest BCUT2D eigenvalue weighted by Gasteiger charge is 2.28. The van der Waals surface area contributed by atoms with Gasteiger partial charge < -0.3 is 5.73 Å². The van der Waals surface area contributed by atoms with E-state index in [1.165, 1.54) is 12.8 Å². The molecule has 4 heteroatoms. The van der Waals surface area contributed by atoms with Crippen LogP contribution in [0.25, 0.3) is 0 Å². The van der Waals surface area contributed by atoms with E-state index < -0.39 is 0 Å². The second-order valence-electron chi connectivity index (χ2n) is 3.04. The summed E-state index contributed by atoms with van der Waals surface area (Å²) in [5.41, 5.74) is 7.67. The number of nitrogens with two attached hydrogens (primary N) is 1. The minimum Gasteiger partial charge on any atom is -0.327 e. The van der Waals surface area contributed by atoms with Gasteiger partial charge in [0, 0.05) is 12.5 Å². The van der Waals surface area contributed by atoms with Gasteiger partial charge in [0.25, 0.3) is 0 Å². The smallest absolute Gasteiger partial charge is 0.118 e. The summed E-state index contributed by atoms with van der Waals surface area (Å²) in [7, 11) is 0. The van der Waals surface area contributed by atoms with E-state index in [-0.39, 0.29) is 0 Å². The van der Waals surface area contributed by atoms with Crippen molar-refractivity contribution < 1.29 is 0 Å². The molecule has 1 fully saturated rings. The van der Waals surface area contributed by atoms with Crippen LogP contribution in [-0.2, 0) is 6.42 Å². The number of hydrogen-bond donors (Lipinski definition) is 1. The van der Waals surface area contributed by atoms with Gasteiger partial charge in [-0.25, -0.2) is 0 Å². The van der Waals surface area contributed by atoms with E-state index in [1.54, 1.807) is 16.8 Å². The van der Waals surface area contributed by atoms with Gasteiger partial charge in [-0.15, -0.1) is 21.5 Å². The maximum atomic E-state index is 5.91. The summed E-state index contributed by atoms with van der Waals surface area (Å²) < 4.78 is 0. The summed E-state index contributed by atoms with van der Waals surface area (Å²) in [6, 6.07) is 0.322. The van der Waals surface area contributed by atoms with Crippen LogP contribution >= 0.6 is 11.3 Å². The Morgan fingerprint density at radius 2 is 2.55 bits per heavy atom. The molecule has 0 amide bonds. The largest absolute Gasteiger partial charge is 0.327 e. The standard InChI is InChI=1S/C7H11N3S/c8-6(5-1-2-5)3-7-10-9-4-11-7/h4-6H,1-3,8H2. The molecule has 0 bridgehead atoms. The molecule has 2 rings (SSSR count). The molecule has 1 aliphatic carbocycles. The van der Waals surface area contributed by atoms with Gasteiger partial charge in [-0.2, -0.15) is 0 Å². The fraction of sp³-hybridized carbons (Fsp3) is 0.714. The molecule has 0 radical (unpaired) electrons. The molecule has 11 heavy (non-hydrogen) atoms. The van der Waals surface area contributed by atoms with Gasteiger partial charge in [-0.3, -0.25) is 0 Å². The Bertz CT molecular complexity index is 218. The van der Waals surface area contributed by atoms with Gasteiger partial charge in [-0.1, -0.05) is 0 Å². The van der Waals surface area contributed by atoms with Crippen LogP contribution in [0.4, 0.5) is 0 Å². The average molecular weight is 169 g/mol. The Kier molecular flexibility index (Phi) is 1.87. The van der Waals surface area contributed by atoms with Crippen molar-refractivity contribution >= 4 is 11.3 Å². The predicted molar refractivity (Wildman–Crippen MR) is 44.3 cm³/mol. The minimum atomic E-state index is 0.322. The monoisotopic (exact) mass is 169 g/mol. The van der Waals surface area contributed by atoms with E-state index in [9.17, 15) is 0 Å². The number of aromatic nitrogens is 2. The Hall–Kier alpha value is -0.480. The van der Waals surface area contributed by atoms with Crippen molar-refractivity contribution in [3.63, 3.8) is 0 Å². The van der Waals surface area contributed by atoms with Gasteiger partial charge in [0.2, 0.25) is 0 Å². The molecule has 2 N–H and O–H groups in total. The summed E-state index contributed by atoms with van der Waals surface area (Å²) in [6.45, 7) is 0. The van der Waals surface area contributed by atoms with Crippen LogP contribution in [0.15, 0.2) is 5.51 Å². The highest BCUT2D eigenvalue weighted by molar-refractivity contribution is 7.09. The Balaban J connectivity index is 1.89. The van der Waals surface area contributed by atoms with Gasteiger partial charge in [0.05, 0.1) is 0 Å². The van der Waals surface area contributed by atoms with Crippen LogP contribution in [-0.4, -0.2) is 16.2 Å². The highest BCUT2D eigenvalue weighted by atomic mass is 32.1. The molecule has 1 saturated carbocycles. The Morgan fingerprint density at radius 3 is 3.09 bits per heavy atom. The molecule has 1 aliphatic rings. The summed E-state index contributed by atoms with van der Waals surface area (Å²) in [5.74, 6) is 0.763. The number of rotatable bonds is 3. The molecule has 0 saturated heterocycles. The van der Waals surface area contributed by atoms with Crippen LogP contribution in [0.5, 0.6) is 0 Å². The van der Waals surface area contributed by atoms with E-state index >= 15 is 0 Å². The van der Waals surface area contributed by atoms with Crippen molar-refractivity contribution in [2.24, 2.45) is 11.7 Å². The first kappa shape index (κ1) is 7.18. The lowest BCUT2D eigenvalue weighted by Gasteiger charge is -2.05. The third-order valence-electron chi connectivity index (χ3n) is 2.04. The number of hydrogen-bond acceptors (Lipinski definition) is 4. The lowest BCUT2D eigenvalue weighted by atomic mass is 10.1. The van der Waals surface area contributed by atoms with Crippen LogP contribution in [0, 0.1) is 5.92 Å². The second kappa shape index (κ2) is 2.87. The third-order valence-corrected chi connectivity index (χ3v) is 2.76. The Labute approximate surface area is 69.6 Å². The van der Waals surface area contributed by atoms with Crippen molar-refractivity contribution in [3.8, 4) is 0 Å². The van der Waals surface area contributed by atoms with E-state index in [1.807, 2.05) is 0 Å². The molecule has 60 valence electrons. The SMILES string of the molecule is NC(Cc1nncs1)C1CC1. The zero-order valence-electron chi connectivity index (χ0n) is 6.23. The topological polar surface area (TPSA) is 51.8 Å². The van der Waals surface area contributed by atoms with Crippen molar-refractivity contribution in [1.82, 2.24) is 10.2 Å². The third kappa shape index (κ3) is 1.75. The average Bonchev–Trinajstić information content (AvgIpc) is 2.73. The van der Waals surface area contributed by atoms with Gasteiger partial charge in [0.15, 0.2) is 0 Å². The van der Waals surface area contributed by atoms with Crippen LogP contribution in [0.3, 0.4) is 0 Å². The maximum Gasteiger partial charge on any atom is 0.118 e. The van der Waals surface area contributed by atoms with Crippen LogP contribution < -0.4 is 5.73 Å². The van der Waals surface area contributed by atoms with E-state index in [0.717, 1.165) is 17.3 Å².